The Morgan fingerprint density at radius 2 is 2.18 bits per heavy atom. The van der Waals surface area contributed by atoms with Gasteiger partial charge in [0.2, 0.25) is 5.91 Å². The minimum absolute atomic E-state index is 0. The fourth-order valence-electron chi connectivity index (χ4n) is 2.10. The van der Waals surface area contributed by atoms with E-state index in [-0.39, 0.29) is 24.4 Å². The highest BCUT2D eigenvalue weighted by Crippen LogP contribution is 2.12. The lowest BCUT2D eigenvalue weighted by Gasteiger charge is -2.16. The normalized spacial score (nSPS) is 18.9. The first-order valence-corrected chi connectivity index (χ1v) is 5.74. The van der Waals surface area contributed by atoms with E-state index >= 15 is 0 Å². The number of aryl methyl sites for hydroxylation is 1. The Balaban J connectivity index is 0.00000144. The average Bonchev–Trinajstić information content (AvgIpc) is 2.68. The van der Waals surface area contributed by atoms with Gasteiger partial charge in [-0.2, -0.15) is 0 Å². The summed E-state index contributed by atoms with van der Waals surface area (Å²) in [6.45, 7) is 3.56. The summed E-state index contributed by atoms with van der Waals surface area (Å²) in [5.74, 6) is 0.197. The smallest absolute Gasteiger partial charge is 0.227 e. The van der Waals surface area contributed by atoms with Gasteiger partial charge in [-0.15, -0.1) is 12.4 Å². The molecule has 1 heterocycles. The van der Waals surface area contributed by atoms with Crippen molar-refractivity contribution in [3.8, 4) is 0 Å². The Morgan fingerprint density at radius 3 is 2.76 bits per heavy atom. The molecule has 1 aromatic rings. The second-order valence-corrected chi connectivity index (χ2v) is 4.49. The van der Waals surface area contributed by atoms with E-state index in [2.05, 4.69) is 0 Å². The molecule has 1 atom stereocenters. The predicted octanol–water partition coefficient (Wildman–Crippen LogP) is 1.52. The molecule has 0 saturated carbocycles. The van der Waals surface area contributed by atoms with Crippen LogP contribution in [0.4, 0.5) is 0 Å². The quantitative estimate of drug-likeness (QED) is 0.870. The number of nitrogens with two attached hydrogens (primary N) is 1. The van der Waals surface area contributed by atoms with Crippen molar-refractivity contribution in [2.45, 2.75) is 25.8 Å². The number of likely N-dealkylation sites (tertiary alicyclic amines) is 1. The lowest BCUT2D eigenvalue weighted by Crippen LogP contribution is -2.33. The summed E-state index contributed by atoms with van der Waals surface area (Å²) >= 11 is 0. The predicted molar refractivity (Wildman–Crippen MR) is 71.3 cm³/mol. The topological polar surface area (TPSA) is 46.3 Å². The minimum atomic E-state index is 0. The molecule has 4 heteroatoms. The first kappa shape index (κ1) is 14.0. The zero-order chi connectivity index (χ0) is 11.5. The number of hydrogen-bond acceptors (Lipinski definition) is 2. The van der Waals surface area contributed by atoms with E-state index in [1.54, 1.807) is 0 Å². The van der Waals surface area contributed by atoms with Crippen molar-refractivity contribution < 1.29 is 4.79 Å². The van der Waals surface area contributed by atoms with Crippen molar-refractivity contribution in [1.82, 2.24) is 4.90 Å². The summed E-state index contributed by atoms with van der Waals surface area (Å²) < 4.78 is 0. The van der Waals surface area contributed by atoms with E-state index in [0.29, 0.717) is 13.0 Å². The molecule has 0 aliphatic carbocycles. The fourth-order valence-corrected chi connectivity index (χ4v) is 2.10. The van der Waals surface area contributed by atoms with Crippen LogP contribution in [0.3, 0.4) is 0 Å². The number of carbonyl (C=O) groups is 1. The highest BCUT2D eigenvalue weighted by Gasteiger charge is 2.23. The summed E-state index contributed by atoms with van der Waals surface area (Å²) in [5.41, 5.74) is 8.09. The first-order chi connectivity index (χ1) is 7.66. The molecular formula is C13H19ClN2O. The van der Waals surface area contributed by atoms with Gasteiger partial charge in [-0.05, 0) is 24.5 Å². The SMILES string of the molecule is Cc1ccccc1CC(=O)N1CCC(N)C1.Cl. The molecule has 1 fully saturated rings. The lowest BCUT2D eigenvalue weighted by molar-refractivity contribution is -0.129. The first-order valence-electron chi connectivity index (χ1n) is 5.74. The van der Waals surface area contributed by atoms with Crippen LogP contribution in [0.5, 0.6) is 0 Å². The molecule has 1 unspecified atom stereocenters. The molecule has 17 heavy (non-hydrogen) atoms. The monoisotopic (exact) mass is 254 g/mol. The van der Waals surface area contributed by atoms with Crippen LogP contribution < -0.4 is 5.73 Å². The molecular weight excluding hydrogens is 236 g/mol. The van der Waals surface area contributed by atoms with Crippen LogP contribution >= 0.6 is 12.4 Å². The molecule has 1 amide bonds. The Hall–Kier alpha value is -1.06. The summed E-state index contributed by atoms with van der Waals surface area (Å²) in [6.07, 6.45) is 1.43. The maximum Gasteiger partial charge on any atom is 0.227 e. The van der Waals surface area contributed by atoms with Gasteiger partial charge in [0, 0.05) is 19.1 Å². The molecule has 2 rings (SSSR count). The molecule has 0 bridgehead atoms. The van der Waals surface area contributed by atoms with Crippen LogP contribution in [-0.4, -0.2) is 29.9 Å². The highest BCUT2D eigenvalue weighted by atomic mass is 35.5. The molecule has 1 aliphatic rings. The zero-order valence-electron chi connectivity index (χ0n) is 10.1. The third-order valence-electron chi connectivity index (χ3n) is 3.18. The van der Waals surface area contributed by atoms with Crippen LogP contribution in [0.2, 0.25) is 0 Å². The van der Waals surface area contributed by atoms with E-state index < -0.39 is 0 Å². The number of rotatable bonds is 2. The largest absolute Gasteiger partial charge is 0.341 e. The fraction of sp³-hybridized carbons (Fsp3) is 0.462. The highest BCUT2D eigenvalue weighted by molar-refractivity contribution is 5.85. The van der Waals surface area contributed by atoms with Crippen LogP contribution in [0, 0.1) is 6.92 Å². The van der Waals surface area contributed by atoms with Crippen molar-refractivity contribution >= 4 is 18.3 Å². The summed E-state index contributed by atoms with van der Waals surface area (Å²) in [6, 6.07) is 8.20. The van der Waals surface area contributed by atoms with Crippen LogP contribution in [-0.2, 0) is 11.2 Å². The van der Waals surface area contributed by atoms with Gasteiger partial charge in [-0.1, -0.05) is 24.3 Å². The molecule has 0 aromatic heterocycles. The second kappa shape index (κ2) is 6.03. The van der Waals surface area contributed by atoms with Gasteiger partial charge in [0.25, 0.3) is 0 Å². The Labute approximate surface area is 108 Å². The van der Waals surface area contributed by atoms with E-state index in [1.807, 2.05) is 36.1 Å². The van der Waals surface area contributed by atoms with Gasteiger partial charge in [-0.3, -0.25) is 4.79 Å². The van der Waals surface area contributed by atoms with Crippen LogP contribution in [0.25, 0.3) is 0 Å². The summed E-state index contributed by atoms with van der Waals surface area (Å²) in [5, 5.41) is 0. The zero-order valence-corrected chi connectivity index (χ0v) is 10.9. The van der Waals surface area contributed by atoms with Crippen molar-refractivity contribution in [3.63, 3.8) is 0 Å². The molecule has 1 aliphatic heterocycles. The van der Waals surface area contributed by atoms with Gasteiger partial charge in [0.1, 0.15) is 0 Å². The molecule has 1 aromatic carbocycles. The third-order valence-corrected chi connectivity index (χ3v) is 3.18. The molecule has 3 nitrogen and oxygen atoms in total. The van der Waals surface area contributed by atoms with Crippen molar-refractivity contribution in [3.05, 3.63) is 35.4 Å². The van der Waals surface area contributed by atoms with Gasteiger partial charge < -0.3 is 10.6 Å². The van der Waals surface area contributed by atoms with Crippen LogP contribution in [0.15, 0.2) is 24.3 Å². The summed E-state index contributed by atoms with van der Waals surface area (Å²) in [7, 11) is 0. The Morgan fingerprint density at radius 1 is 1.47 bits per heavy atom. The summed E-state index contributed by atoms with van der Waals surface area (Å²) in [4.78, 5) is 13.9. The molecule has 1 saturated heterocycles. The Bertz CT molecular complexity index is 395. The number of nitrogens with zero attached hydrogens (tertiary/aromatic N) is 1. The van der Waals surface area contributed by atoms with E-state index in [9.17, 15) is 4.79 Å². The number of benzene rings is 1. The Kier molecular flexibility index (Phi) is 4.97. The van der Waals surface area contributed by atoms with Crippen LogP contribution in [0.1, 0.15) is 17.5 Å². The number of halogens is 1. The van der Waals surface area contributed by atoms with Gasteiger partial charge in [-0.25, -0.2) is 0 Å². The minimum Gasteiger partial charge on any atom is -0.341 e. The van der Waals surface area contributed by atoms with Gasteiger partial charge in [0.15, 0.2) is 0 Å². The number of amides is 1. The third kappa shape index (κ3) is 3.45. The molecule has 2 N–H and O–H groups in total. The van der Waals surface area contributed by atoms with Gasteiger partial charge >= 0.3 is 0 Å². The maximum absolute atomic E-state index is 12.0. The number of carbonyl (C=O) groups excluding carboxylic acids is 1. The standard InChI is InChI=1S/C13H18N2O.ClH/c1-10-4-2-3-5-11(10)8-13(16)15-7-6-12(14)9-15;/h2-5,12H,6-9,14H2,1H3;1H. The molecule has 94 valence electrons. The van der Waals surface area contributed by atoms with Crippen molar-refractivity contribution in [1.29, 1.82) is 0 Å². The van der Waals surface area contributed by atoms with E-state index in [0.717, 1.165) is 18.5 Å². The van der Waals surface area contributed by atoms with Gasteiger partial charge in [0.05, 0.1) is 6.42 Å². The molecule has 0 spiro atoms. The maximum atomic E-state index is 12.0. The second-order valence-electron chi connectivity index (χ2n) is 4.49. The average molecular weight is 255 g/mol. The van der Waals surface area contributed by atoms with Crippen molar-refractivity contribution in [2.75, 3.05) is 13.1 Å². The lowest BCUT2D eigenvalue weighted by atomic mass is 10.1. The number of hydrogen-bond donors (Lipinski definition) is 1. The molecule has 0 radical (unpaired) electrons. The van der Waals surface area contributed by atoms with Crippen molar-refractivity contribution in [2.24, 2.45) is 5.73 Å². The van der Waals surface area contributed by atoms with E-state index in [4.69, 9.17) is 5.73 Å². The van der Waals surface area contributed by atoms with E-state index in [1.165, 1.54) is 5.56 Å².